The van der Waals surface area contributed by atoms with Crippen LogP contribution in [0.1, 0.15) is 17.3 Å². The van der Waals surface area contributed by atoms with Crippen LogP contribution in [0.2, 0.25) is 10.0 Å². The van der Waals surface area contributed by atoms with E-state index in [9.17, 15) is 0 Å². The number of benzene rings is 1. The summed E-state index contributed by atoms with van der Waals surface area (Å²) in [6.45, 7) is 0. The van der Waals surface area contributed by atoms with Crippen LogP contribution in [0, 0.1) is 0 Å². The Morgan fingerprint density at radius 3 is 2.71 bits per heavy atom. The molecule has 1 aromatic heterocycles. The van der Waals surface area contributed by atoms with E-state index in [0.717, 1.165) is 11.3 Å². The number of nitrogens with two attached hydrogens (primary N) is 1. The van der Waals surface area contributed by atoms with Crippen LogP contribution in [-0.2, 0) is 6.42 Å². The van der Waals surface area contributed by atoms with Crippen molar-refractivity contribution in [2.75, 3.05) is 0 Å². The van der Waals surface area contributed by atoms with Gasteiger partial charge in [0, 0.05) is 34.4 Å². The lowest BCUT2D eigenvalue weighted by molar-refractivity contribution is 0.707. The van der Waals surface area contributed by atoms with Crippen molar-refractivity contribution in [1.82, 2.24) is 4.98 Å². The second kappa shape index (κ2) is 5.50. The Balaban J connectivity index is 2.20. The van der Waals surface area contributed by atoms with Crippen LogP contribution >= 0.6 is 23.2 Å². The molecule has 2 aromatic rings. The van der Waals surface area contributed by atoms with Crippen molar-refractivity contribution in [2.24, 2.45) is 5.73 Å². The second-order valence-electron chi connectivity index (χ2n) is 3.80. The Bertz CT molecular complexity index is 500. The summed E-state index contributed by atoms with van der Waals surface area (Å²) in [6.07, 6.45) is 2.39. The third kappa shape index (κ3) is 3.19. The van der Waals surface area contributed by atoms with Crippen LogP contribution in [0.4, 0.5) is 0 Å². The van der Waals surface area contributed by atoms with Gasteiger partial charge in [-0.1, -0.05) is 29.3 Å². The smallest absolute Gasteiger partial charge is 0.0454 e. The highest BCUT2D eigenvalue weighted by atomic mass is 35.5. The number of halogens is 2. The minimum Gasteiger partial charge on any atom is -0.324 e. The lowest BCUT2D eigenvalue weighted by Gasteiger charge is -2.13. The fourth-order valence-corrected chi connectivity index (χ4v) is 2.09. The lowest BCUT2D eigenvalue weighted by atomic mass is 10.0. The molecule has 2 nitrogen and oxygen atoms in total. The van der Waals surface area contributed by atoms with Gasteiger partial charge in [-0.2, -0.15) is 0 Å². The number of aromatic nitrogens is 1. The molecule has 17 heavy (non-hydrogen) atoms. The highest BCUT2D eigenvalue weighted by Crippen LogP contribution is 2.26. The number of pyridine rings is 1. The van der Waals surface area contributed by atoms with Crippen molar-refractivity contribution >= 4 is 23.2 Å². The summed E-state index contributed by atoms with van der Waals surface area (Å²) in [6, 6.07) is 10.9. The van der Waals surface area contributed by atoms with Crippen LogP contribution in [-0.4, -0.2) is 4.98 Å². The molecule has 2 rings (SSSR count). The van der Waals surface area contributed by atoms with Crippen molar-refractivity contribution in [3.8, 4) is 0 Å². The van der Waals surface area contributed by atoms with Gasteiger partial charge >= 0.3 is 0 Å². The zero-order valence-corrected chi connectivity index (χ0v) is 10.6. The minimum atomic E-state index is -0.198. The standard InChI is InChI=1S/C13H12Cl2N2/c14-9-4-5-12(15)11(7-9)13(16)8-10-3-1-2-6-17-10/h1-7,13H,8,16H2. The number of hydrogen-bond acceptors (Lipinski definition) is 2. The van der Waals surface area contributed by atoms with E-state index in [1.807, 2.05) is 18.2 Å². The molecule has 0 bridgehead atoms. The number of nitrogens with zero attached hydrogens (tertiary/aromatic N) is 1. The maximum Gasteiger partial charge on any atom is 0.0454 e. The quantitative estimate of drug-likeness (QED) is 0.922. The molecule has 0 spiro atoms. The first-order valence-electron chi connectivity index (χ1n) is 5.27. The van der Waals surface area contributed by atoms with Gasteiger partial charge in [0.25, 0.3) is 0 Å². The maximum atomic E-state index is 6.11. The van der Waals surface area contributed by atoms with E-state index in [1.54, 1.807) is 24.4 Å². The van der Waals surface area contributed by atoms with Gasteiger partial charge in [-0.25, -0.2) is 0 Å². The van der Waals surface area contributed by atoms with Gasteiger partial charge < -0.3 is 5.73 Å². The predicted molar refractivity (Wildman–Crippen MR) is 71.3 cm³/mol. The lowest BCUT2D eigenvalue weighted by Crippen LogP contribution is -2.14. The summed E-state index contributed by atoms with van der Waals surface area (Å²) in [7, 11) is 0. The highest BCUT2D eigenvalue weighted by Gasteiger charge is 2.12. The first-order chi connectivity index (χ1) is 8.16. The average Bonchev–Trinajstić information content (AvgIpc) is 2.33. The molecule has 1 heterocycles. The maximum absolute atomic E-state index is 6.11. The van der Waals surface area contributed by atoms with Crippen LogP contribution in [0.15, 0.2) is 42.6 Å². The molecule has 0 saturated carbocycles. The normalized spacial score (nSPS) is 12.4. The van der Waals surface area contributed by atoms with Crippen molar-refractivity contribution in [2.45, 2.75) is 12.5 Å². The van der Waals surface area contributed by atoms with E-state index in [4.69, 9.17) is 28.9 Å². The summed E-state index contributed by atoms with van der Waals surface area (Å²) in [5, 5.41) is 1.28. The van der Waals surface area contributed by atoms with E-state index >= 15 is 0 Å². The molecule has 0 aliphatic rings. The molecule has 4 heteroatoms. The fourth-order valence-electron chi connectivity index (χ4n) is 1.65. The van der Waals surface area contributed by atoms with Crippen LogP contribution < -0.4 is 5.73 Å². The third-order valence-corrected chi connectivity index (χ3v) is 3.09. The molecular formula is C13H12Cl2N2. The summed E-state index contributed by atoms with van der Waals surface area (Å²) in [5.41, 5.74) is 7.91. The Morgan fingerprint density at radius 1 is 1.18 bits per heavy atom. The molecule has 0 fully saturated rings. The Labute approximate surface area is 110 Å². The zero-order chi connectivity index (χ0) is 12.3. The summed E-state index contributed by atoms with van der Waals surface area (Å²) < 4.78 is 0. The molecule has 0 radical (unpaired) electrons. The van der Waals surface area contributed by atoms with E-state index in [1.165, 1.54) is 0 Å². The minimum absolute atomic E-state index is 0.198. The van der Waals surface area contributed by atoms with Crippen molar-refractivity contribution in [1.29, 1.82) is 0 Å². The molecule has 1 atom stereocenters. The Morgan fingerprint density at radius 2 is 2.00 bits per heavy atom. The third-order valence-electron chi connectivity index (χ3n) is 2.51. The molecule has 1 aromatic carbocycles. The van der Waals surface area contributed by atoms with Crippen LogP contribution in [0.5, 0.6) is 0 Å². The molecule has 0 aliphatic carbocycles. The summed E-state index contributed by atoms with van der Waals surface area (Å²) >= 11 is 12.0. The van der Waals surface area contributed by atoms with Gasteiger partial charge in [-0.3, -0.25) is 4.98 Å². The molecule has 0 aliphatic heterocycles. The molecule has 0 saturated heterocycles. The van der Waals surface area contributed by atoms with E-state index < -0.39 is 0 Å². The number of hydrogen-bond donors (Lipinski definition) is 1. The monoisotopic (exact) mass is 266 g/mol. The van der Waals surface area contributed by atoms with Gasteiger partial charge in [-0.15, -0.1) is 0 Å². The zero-order valence-electron chi connectivity index (χ0n) is 9.11. The topological polar surface area (TPSA) is 38.9 Å². The Kier molecular flexibility index (Phi) is 4.00. The summed E-state index contributed by atoms with van der Waals surface area (Å²) in [4.78, 5) is 4.24. The fraction of sp³-hybridized carbons (Fsp3) is 0.154. The van der Waals surface area contributed by atoms with Crippen molar-refractivity contribution < 1.29 is 0 Å². The Hall–Kier alpha value is -1.09. The first kappa shape index (κ1) is 12.4. The second-order valence-corrected chi connectivity index (χ2v) is 4.64. The SMILES string of the molecule is NC(Cc1ccccn1)c1cc(Cl)ccc1Cl. The number of rotatable bonds is 3. The largest absolute Gasteiger partial charge is 0.324 e. The van der Waals surface area contributed by atoms with Crippen molar-refractivity contribution in [3.05, 3.63) is 63.9 Å². The van der Waals surface area contributed by atoms with Gasteiger partial charge in [-0.05, 0) is 35.9 Å². The van der Waals surface area contributed by atoms with E-state index in [-0.39, 0.29) is 6.04 Å². The molecule has 2 N–H and O–H groups in total. The van der Waals surface area contributed by atoms with Crippen molar-refractivity contribution in [3.63, 3.8) is 0 Å². The highest BCUT2D eigenvalue weighted by molar-refractivity contribution is 6.33. The molecule has 0 amide bonds. The average molecular weight is 267 g/mol. The van der Waals surface area contributed by atoms with Crippen LogP contribution in [0.3, 0.4) is 0 Å². The van der Waals surface area contributed by atoms with Gasteiger partial charge in [0.05, 0.1) is 0 Å². The first-order valence-corrected chi connectivity index (χ1v) is 6.03. The summed E-state index contributed by atoms with van der Waals surface area (Å²) in [5.74, 6) is 0. The van der Waals surface area contributed by atoms with Gasteiger partial charge in [0.2, 0.25) is 0 Å². The van der Waals surface area contributed by atoms with Crippen LogP contribution in [0.25, 0.3) is 0 Å². The predicted octanol–water partition coefficient (Wildman–Crippen LogP) is 3.63. The molecular weight excluding hydrogens is 255 g/mol. The van der Waals surface area contributed by atoms with E-state index in [0.29, 0.717) is 16.5 Å². The van der Waals surface area contributed by atoms with Gasteiger partial charge in [0.1, 0.15) is 0 Å². The molecule has 1 unspecified atom stereocenters. The molecule has 88 valence electrons. The van der Waals surface area contributed by atoms with E-state index in [2.05, 4.69) is 4.98 Å². The van der Waals surface area contributed by atoms with Gasteiger partial charge in [0.15, 0.2) is 0 Å².